The van der Waals surface area contributed by atoms with E-state index in [1.54, 1.807) is 7.11 Å². The van der Waals surface area contributed by atoms with Crippen LogP contribution in [-0.2, 0) is 4.74 Å². The van der Waals surface area contributed by atoms with Crippen molar-refractivity contribution in [1.29, 1.82) is 0 Å². The lowest BCUT2D eigenvalue weighted by atomic mass is 10.1. The van der Waals surface area contributed by atoms with Gasteiger partial charge in [0, 0.05) is 32.8 Å². The second-order valence-electron chi connectivity index (χ2n) is 3.98. The largest absolute Gasteiger partial charge is 0.385 e. The van der Waals surface area contributed by atoms with Gasteiger partial charge in [-0.3, -0.25) is 4.90 Å². The molecule has 1 aliphatic heterocycles. The standard InChI is InChI=1S/C11H24N2O/c1-3-13(8-5-9-14-2)11-6-4-7-12-10-11/h11-12H,3-10H2,1-2H3. The number of methoxy groups -OCH3 is 1. The van der Waals surface area contributed by atoms with Gasteiger partial charge in [-0.1, -0.05) is 6.92 Å². The molecule has 84 valence electrons. The molecule has 0 aromatic rings. The van der Waals surface area contributed by atoms with E-state index in [0.717, 1.165) is 25.6 Å². The Labute approximate surface area is 87.8 Å². The molecule has 14 heavy (non-hydrogen) atoms. The summed E-state index contributed by atoms with van der Waals surface area (Å²) in [6.07, 6.45) is 3.83. The Morgan fingerprint density at radius 3 is 2.93 bits per heavy atom. The van der Waals surface area contributed by atoms with Crippen molar-refractivity contribution in [3.8, 4) is 0 Å². The van der Waals surface area contributed by atoms with Crippen LogP contribution in [0.2, 0.25) is 0 Å². The van der Waals surface area contributed by atoms with Gasteiger partial charge in [-0.2, -0.15) is 0 Å². The number of nitrogens with zero attached hydrogens (tertiary/aromatic N) is 1. The van der Waals surface area contributed by atoms with Gasteiger partial charge in [-0.25, -0.2) is 0 Å². The summed E-state index contributed by atoms with van der Waals surface area (Å²) in [5.74, 6) is 0. The summed E-state index contributed by atoms with van der Waals surface area (Å²) in [5, 5.41) is 3.47. The SMILES string of the molecule is CCN(CCCOC)C1CCCNC1. The Morgan fingerprint density at radius 1 is 1.50 bits per heavy atom. The third kappa shape index (κ3) is 3.95. The van der Waals surface area contributed by atoms with Crippen LogP contribution in [0.1, 0.15) is 26.2 Å². The van der Waals surface area contributed by atoms with E-state index in [9.17, 15) is 0 Å². The zero-order chi connectivity index (χ0) is 10.2. The van der Waals surface area contributed by atoms with Crippen LogP contribution in [0.4, 0.5) is 0 Å². The topological polar surface area (TPSA) is 24.5 Å². The summed E-state index contributed by atoms with van der Waals surface area (Å²) < 4.78 is 5.08. The predicted octanol–water partition coefficient (Wildman–Crippen LogP) is 1.10. The number of piperidine rings is 1. The number of ether oxygens (including phenoxy) is 1. The van der Waals surface area contributed by atoms with Gasteiger partial charge >= 0.3 is 0 Å². The van der Waals surface area contributed by atoms with Crippen molar-refractivity contribution in [3.63, 3.8) is 0 Å². The predicted molar refractivity (Wildman–Crippen MR) is 59.6 cm³/mol. The third-order valence-electron chi connectivity index (χ3n) is 2.99. The van der Waals surface area contributed by atoms with Crippen molar-refractivity contribution in [2.75, 3.05) is 39.9 Å². The molecule has 1 heterocycles. The molecule has 0 radical (unpaired) electrons. The van der Waals surface area contributed by atoms with E-state index >= 15 is 0 Å². The van der Waals surface area contributed by atoms with Gasteiger partial charge in [0.15, 0.2) is 0 Å². The molecule has 1 aliphatic rings. The van der Waals surface area contributed by atoms with E-state index in [0.29, 0.717) is 0 Å². The highest BCUT2D eigenvalue weighted by molar-refractivity contribution is 4.77. The van der Waals surface area contributed by atoms with Crippen LogP contribution >= 0.6 is 0 Å². The molecular formula is C11H24N2O. The first-order valence-electron chi connectivity index (χ1n) is 5.82. The number of rotatable bonds is 6. The molecule has 1 saturated heterocycles. The van der Waals surface area contributed by atoms with Crippen molar-refractivity contribution < 1.29 is 4.74 Å². The molecule has 3 nitrogen and oxygen atoms in total. The zero-order valence-corrected chi connectivity index (χ0v) is 9.59. The Hall–Kier alpha value is -0.120. The summed E-state index contributed by atoms with van der Waals surface area (Å²) in [6.45, 7) is 7.84. The van der Waals surface area contributed by atoms with E-state index in [1.165, 1.54) is 32.5 Å². The second kappa shape index (κ2) is 7.21. The summed E-state index contributed by atoms with van der Waals surface area (Å²) in [7, 11) is 1.78. The monoisotopic (exact) mass is 200 g/mol. The van der Waals surface area contributed by atoms with Gasteiger partial charge in [-0.05, 0) is 32.4 Å². The maximum Gasteiger partial charge on any atom is 0.0474 e. The van der Waals surface area contributed by atoms with E-state index in [2.05, 4.69) is 17.1 Å². The van der Waals surface area contributed by atoms with Crippen molar-refractivity contribution >= 4 is 0 Å². The fourth-order valence-corrected chi connectivity index (χ4v) is 2.16. The minimum absolute atomic E-state index is 0.755. The lowest BCUT2D eigenvalue weighted by Gasteiger charge is -2.33. The Morgan fingerprint density at radius 2 is 2.36 bits per heavy atom. The van der Waals surface area contributed by atoms with E-state index in [1.807, 2.05) is 0 Å². The molecule has 0 aromatic heterocycles. The zero-order valence-electron chi connectivity index (χ0n) is 9.59. The van der Waals surface area contributed by atoms with Gasteiger partial charge in [0.1, 0.15) is 0 Å². The van der Waals surface area contributed by atoms with Crippen molar-refractivity contribution in [2.45, 2.75) is 32.2 Å². The molecule has 1 fully saturated rings. The maximum absolute atomic E-state index is 5.08. The molecule has 3 heteroatoms. The molecule has 0 aromatic carbocycles. The first kappa shape index (κ1) is 12.0. The molecule has 0 saturated carbocycles. The van der Waals surface area contributed by atoms with E-state index in [-0.39, 0.29) is 0 Å². The third-order valence-corrected chi connectivity index (χ3v) is 2.99. The van der Waals surface area contributed by atoms with Gasteiger partial charge < -0.3 is 10.1 Å². The highest BCUT2D eigenvalue weighted by Crippen LogP contribution is 2.10. The highest BCUT2D eigenvalue weighted by Gasteiger charge is 2.18. The quantitative estimate of drug-likeness (QED) is 0.650. The number of hydrogen-bond donors (Lipinski definition) is 1. The number of likely N-dealkylation sites (N-methyl/N-ethyl adjacent to an activating group) is 1. The van der Waals surface area contributed by atoms with Crippen LogP contribution in [0.15, 0.2) is 0 Å². The molecule has 0 amide bonds. The molecule has 1 unspecified atom stereocenters. The molecule has 0 aliphatic carbocycles. The summed E-state index contributed by atoms with van der Waals surface area (Å²) in [4.78, 5) is 2.57. The van der Waals surface area contributed by atoms with Crippen molar-refractivity contribution in [2.24, 2.45) is 0 Å². The average Bonchev–Trinajstić information content (AvgIpc) is 2.26. The molecule has 0 spiro atoms. The Bertz CT molecular complexity index is 135. The molecule has 1 atom stereocenters. The van der Waals surface area contributed by atoms with Crippen LogP contribution in [0.3, 0.4) is 0 Å². The first-order valence-corrected chi connectivity index (χ1v) is 5.82. The lowest BCUT2D eigenvalue weighted by molar-refractivity contribution is 0.139. The fraction of sp³-hybridized carbons (Fsp3) is 1.00. The minimum Gasteiger partial charge on any atom is -0.385 e. The first-order chi connectivity index (χ1) is 6.88. The Kier molecular flexibility index (Phi) is 6.15. The van der Waals surface area contributed by atoms with E-state index < -0.39 is 0 Å². The van der Waals surface area contributed by atoms with Crippen LogP contribution < -0.4 is 5.32 Å². The fourth-order valence-electron chi connectivity index (χ4n) is 2.16. The number of nitrogens with one attached hydrogen (secondary N) is 1. The molecule has 1 rings (SSSR count). The molecular weight excluding hydrogens is 176 g/mol. The van der Waals surface area contributed by atoms with E-state index in [4.69, 9.17) is 4.74 Å². The van der Waals surface area contributed by atoms with Crippen molar-refractivity contribution in [3.05, 3.63) is 0 Å². The van der Waals surface area contributed by atoms with Crippen LogP contribution in [0.25, 0.3) is 0 Å². The summed E-state index contributed by atoms with van der Waals surface area (Å²) in [5.41, 5.74) is 0. The van der Waals surface area contributed by atoms with Gasteiger partial charge in [0.25, 0.3) is 0 Å². The van der Waals surface area contributed by atoms with Gasteiger partial charge in [-0.15, -0.1) is 0 Å². The molecule has 1 N–H and O–H groups in total. The number of hydrogen-bond acceptors (Lipinski definition) is 3. The van der Waals surface area contributed by atoms with Crippen LogP contribution in [0.5, 0.6) is 0 Å². The van der Waals surface area contributed by atoms with Crippen LogP contribution in [-0.4, -0.2) is 50.8 Å². The summed E-state index contributed by atoms with van der Waals surface area (Å²) in [6, 6.07) is 0.755. The normalized spacial score (nSPS) is 22.9. The maximum atomic E-state index is 5.08. The lowest BCUT2D eigenvalue weighted by Crippen LogP contribution is -2.46. The van der Waals surface area contributed by atoms with Gasteiger partial charge in [0.2, 0.25) is 0 Å². The second-order valence-corrected chi connectivity index (χ2v) is 3.98. The average molecular weight is 200 g/mol. The van der Waals surface area contributed by atoms with Crippen LogP contribution in [0, 0.1) is 0 Å². The Balaban J connectivity index is 2.21. The minimum atomic E-state index is 0.755. The highest BCUT2D eigenvalue weighted by atomic mass is 16.5. The molecule has 0 bridgehead atoms. The summed E-state index contributed by atoms with van der Waals surface area (Å²) >= 11 is 0. The van der Waals surface area contributed by atoms with Crippen molar-refractivity contribution in [1.82, 2.24) is 10.2 Å². The smallest absolute Gasteiger partial charge is 0.0474 e. The van der Waals surface area contributed by atoms with Gasteiger partial charge in [0.05, 0.1) is 0 Å².